The summed E-state index contributed by atoms with van der Waals surface area (Å²) in [6.45, 7) is 3.05. The normalized spacial score (nSPS) is 14.5. The van der Waals surface area contributed by atoms with Crippen LogP contribution in [0.3, 0.4) is 0 Å². The molecule has 0 aromatic heterocycles. The molecule has 1 fully saturated rings. The van der Waals surface area contributed by atoms with Gasteiger partial charge in [-0.3, -0.25) is 9.62 Å². The second-order valence-corrected chi connectivity index (χ2v) is 9.61. The summed E-state index contributed by atoms with van der Waals surface area (Å²) < 4.78 is 54.4. The van der Waals surface area contributed by atoms with Crippen LogP contribution in [0.25, 0.3) is 0 Å². The molecule has 0 saturated carbocycles. The standard InChI is InChI=1S/C24H23F2N3O3S/c1-17-3-10-21(11-4-17)33(31,32)27-19-6-8-20(9-7-19)29-14-2-13-28(24(29)30)16-18-5-12-22(25)23(26)15-18/h3-12,15,27H,2,13-14,16H2,1H3. The van der Waals surface area contributed by atoms with Crippen molar-refractivity contribution in [3.63, 3.8) is 0 Å². The van der Waals surface area contributed by atoms with E-state index in [-0.39, 0.29) is 17.5 Å². The van der Waals surface area contributed by atoms with Gasteiger partial charge in [-0.1, -0.05) is 23.8 Å². The van der Waals surface area contributed by atoms with Gasteiger partial charge in [-0.05, 0) is 67.4 Å². The molecule has 0 radical (unpaired) electrons. The van der Waals surface area contributed by atoms with E-state index in [0.717, 1.165) is 17.7 Å². The summed E-state index contributed by atoms with van der Waals surface area (Å²) in [5.41, 5.74) is 2.46. The first-order valence-corrected chi connectivity index (χ1v) is 11.9. The molecule has 9 heteroatoms. The van der Waals surface area contributed by atoms with Crippen LogP contribution in [0.15, 0.2) is 71.6 Å². The number of halogens is 2. The fourth-order valence-corrected chi connectivity index (χ4v) is 4.73. The maximum absolute atomic E-state index is 13.5. The molecule has 0 unspecified atom stereocenters. The van der Waals surface area contributed by atoms with Gasteiger partial charge < -0.3 is 4.90 Å². The third-order valence-electron chi connectivity index (χ3n) is 5.43. The molecule has 0 aliphatic carbocycles. The smallest absolute Gasteiger partial charge is 0.320 e. The summed E-state index contributed by atoms with van der Waals surface area (Å²) in [5.74, 6) is -1.87. The van der Waals surface area contributed by atoms with E-state index < -0.39 is 21.7 Å². The number of nitrogens with zero attached hydrogens (tertiary/aromatic N) is 2. The predicted octanol–water partition coefficient (Wildman–Crippen LogP) is 4.91. The molecule has 0 bridgehead atoms. The highest BCUT2D eigenvalue weighted by Gasteiger charge is 2.27. The zero-order valence-corrected chi connectivity index (χ0v) is 18.8. The number of hydrogen-bond acceptors (Lipinski definition) is 3. The van der Waals surface area contributed by atoms with Crippen LogP contribution >= 0.6 is 0 Å². The van der Waals surface area contributed by atoms with Gasteiger partial charge in [0.1, 0.15) is 0 Å². The van der Waals surface area contributed by atoms with Crippen molar-refractivity contribution in [3.05, 3.63) is 89.5 Å². The van der Waals surface area contributed by atoms with Gasteiger partial charge >= 0.3 is 6.03 Å². The number of amides is 2. The number of aryl methyl sites for hydroxylation is 1. The van der Waals surface area contributed by atoms with E-state index in [1.807, 2.05) is 6.92 Å². The topological polar surface area (TPSA) is 69.7 Å². The van der Waals surface area contributed by atoms with Gasteiger partial charge in [0.2, 0.25) is 0 Å². The number of anilines is 2. The van der Waals surface area contributed by atoms with E-state index in [0.29, 0.717) is 36.4 Å². The highest BCUT2D eigenvalue weighted by molar-refractivity contribution is 7.92. The summed E-state index contributed by atoms with van der Waals surface area (Å²) in [5, 5.41) is 0. The van der Waals surface area contributed by atoms with Crippen molar-refractivity contribution in [2.75, 3.05) is 22.7 Å². The number of sulfonamides is 1. The zero-order valence-electron chi connectivity index (χ0n) is 18.0. The van der Waals surface area contributed by atoms with Crippen LogP contribution in [0.2, 0.25) is 0 Å². The molecule has 1 N–H and O–H groups in total. The average Bonchev–Trinajstić information content (AvgIpc) is 2.78. The van der Waals surface area contributed by atoms with Crippen LogP contribution in [0.5, 0.6) is 0 Å². The molecule has 1 aliphatic heterocycles. The zero-order chi connectivity index (χ0) is 23.6. The summed E-state index contributed by atoms with van der Waals surface area (Å²) >= 11 is 0. The lowest BCUT2D eigenvalue weighted by Crippen LogP contribution is -2.49. The fourth-order valence-electron chi connectivity index (χ4n) is 3.67. The van der Waals surface area contributed by atoms with Crippen LogP contribution in [0, 0.1) is 18.6 Å². The van der Waals surface area contributed by atoms with Gasteiger partial charge in [0.15, 0.2) is 11.6 Å². The maximum Gasteiger partial charge on any atom is 0.324 e. The van der Waals surface area contributed by atoms with Crippen molar-refractivity contribution in [1.82, 2.24) is 4.90 Å². The number of nitrogens with one attached hydrogen (secondary N) is 1. The van der Waals surface area contributed by atoms with Gasteiger partial charge in [-0.15, -0.1) is 0 Å². The Morgan fingerprint density at radius 3 is 2.27 bits per heavy atom. The number of carbonyl (C=O) groups is 1. The maximum atomic E-state index is 13.5. The van der Waals surface area contributed by atoms with Crippen molar-refractivity contribution in [3.8, 4) is 0 Å². The molecule has 33 heavy (non-hydrogen) atoms. The monoisotopic (exact) mass is 471 g/mol. The van der Waals surface area contributed by atoms with E-state index in [9.17, 15) is 22.0 Å². The minimum absolute atomic E-state index is 0.163. The quantitative estimate of drug-likeness (QED) is 0.556. The van der Waals surface area contributed by atoms with Crippen LogP contribution in [0.1, 0.15) is 17.5 Å². The largest absolute Gasteiger partial charge is 0.324 e. The average molecular weight is 472 g/mol. The molecular formula is C24H23F2N3O3S. The number of rotatable bonds is 6. The Hall–Kier alpha value is -3.46. The van der Waals surface area contributed by atoms with Gasteiger partial charge in [0, 0.05) is 31.0 Å². The second kappa shape index (κ2) is 9.19. The van der Waals surface area contributed by atoms with Gasteiger partial charge in [0.05, 0.1) is 4.90 Å². The SMILES string of the molecule is Cc1ccc(S(=O)(=O)Nc2ccc(N3CCCN(Cc4ccc(F)c(F)c4)C3=O)cc2)cc1. The summed E-state index contributed by atoms with van der Waals surface area (Å²) in [6, 6.07) is 16.4. The van der Waals surface area contributed by atoms with E-state index in [1.54, 1.807) is 58.3 Å². The molecule has 1 aliphatic rings. The van der Waals surface area contributed by atoms with Gasteiger partial charge in [-0.25, -0.2) is 22.0 Å². The predicted molar refractivity (Wildman–Crippen MR) is 123 cm³/mol. The lowest BCUT2D eigenvalue weighted by Gasteiger charge is -2.35. The molecule has 1 heterocycles. The Bertz CT molecular complexity index is 1260. The summed E-state index contributed by atoms with van der Waals surface area (Å²) in [6.07, 6.45) is 0.706. The molecule has 4 rings (SSSR count). The number of hydrogen-bond donors (Lipinski definition) is 1. The first kappa shape index (κ1) is 22.7. The minimum atomic E-state index is -3.72. The summed E-state index contributed by atoms with van der Waals surface area (Å²) in [7, 11) is -3.72. The van der Waals surface area contributed by atoms with Gasteiger partial charge in [-0.2, -0.15) is 0 Å². The molecule has 2 amide bonds. The first-order valence-electron chi connectivity index (χ1n) is 10.4. The van der Waals surface area contributed by atoms with Crippen molar-refractivity contribution >= 4 is 27.4 Å². The second-order valence-electron chi connectivity index (χ2n) is 7.92. The van der Waals surface area contributed by atoms with E-state index in [1.165, 1.54) is 6.07 Å². The minimum Gasteiger partial charge on any atom is -0.320 e. The van der Waals surface area contributed by atoms with Crippen molar-refractivity contribution in [2.45, 2.75) is 24.8 Å². The van der Waals surface area contributed by atoms with Crippen molar-refractivity contribution < 1.29 is 22.0 Å². The number of benzene rings is 3. The first-order chi connectivity index (χ1) is 15.7. The Morgan fingerprint density at radius 1 is 0.909 bits per heavy atom. The third-order valence-corrected chi connectivity index (χ3v) is 6.83. The van der Waals surface area contributed by atoms with Crippen LogP contribution in [-0.2, 0) is 16.6 Å². The van der Waals surface area contributed by atoms with Crippen LogP contribution in [-0.4, -0.2) is 32.4 Å². The third kappa shape index (κ3) is 5.14. The number of carbonyl (C=O) groups excluding carboxylic acids is 1. The van der Waals surface area contributed by atoms with E-state index in [4.69, 9.17) is 0 Å². The Labute approximate surface area is 191 Å². The molecule has 172 valence electrons. The van der Waals surface area contributed by atoms with Crippen LogP contribution < -0.4 is 9.62 Å². The highest BCUT2D eigenvalue weighted by atomic mass is 32.2. The number of urea groups is 1. The Balaban J connectivity index is 1.46. The van der Waals surface area contributed by atoms with Crippen LogP contribution in [0.4, 0.5) is 25.0 Å². The molecule has 0 spiro atoms. The fraction of sp³-hybridized carbons (Fsp3) is 0.208. The Morgan fingerprint density at radius 2 is 1.61 bits per heavy atom. The van der Waals surface area contributed by atoms with E-state index in [2.05, 4.69) is 4.72 Å². The van der Waals surface area contributed by atoms with Crippen molar-refractivity contribution in [2.24, 2.45) is 0 Å². The molecular weight excluding hydrogens is 448 g/mol. The molecule has 0 atom stereocenters. The van der Waals surface area contributed by atoms with Crippen molar-refractivity contribution in [1.29, 1.82) is 0 Å². The Kier molecular flexibility index (Phi) is 6.33. The van der Waals surface area contributed by atoms with Gasteiger partial charge in [0.25, 0.3) is 10.0 Å². The lowest BCUT2D eigenvalue weighted by atomic mass is 10.1. The summed E-state index contributed by atoms with van der Waals surface area (Å²) in [4.78, 5) is 16.3. The molecule has 3 aromatic rings. The molecule has 3 aromatic carbocycles. The lowest BCUT2D eigenvalue weighted by molar-refractivity contribution is 0.192. The molecule has 6 nitrogen and oxygen atoms in total. The highest BCUT2D eigenvalue weighted by Crippen LogP contribution is 2.25. The molecule has 1 saturated heterocycles. The van der Waals surface area contributed by atoms with E-state index >= 15 is 0 Å².